The van der Waals surface area contributed by atoms with E-state index < -0.39 is 0 Å². The lowest BCUT2D eigenvalue weighted by molar-refractivity contribution is -0.150. The van der Waals surface area contributed by atoms with Gasteiger partial charge in [0.25, 0.3) is 0 Å². The number of esters is 1. The van der Waals surface area contributed by atoms with Crippen molar-refractivity contribution < 1.29 is 14.3 Å². The molecule has 4 heteroatoms. The van der Waals surface area contributed by atoms with Gasteiger partial charge in [0, 0.05) is 25.1 Å². The molecule has 0 saturated carbocycles. The van der Waals surface area contributed by atoms with Crippen LogP contribution in [0.3, 0.4) is 0 Å². The number of hydrogen-bond acceptors (Lipinski definition) is 4. The van der Waals surface area contributed by atoms with Crippen LogP contribution in [-0.2, 0) is 14.3 Å². The Hall–Kier alpha value is -0.610. The lowest BCUT2D eigenvalue weighted by Gasteiger charge is -2.28. The number of carbonyl (C=O) groups is 1. The molecule has 3 aliphatic heterocycles. The van der Waals surface area contributed by atoms with Crippen LogP contribution in [0.5, 0.6) is 0 Å². The zero-order valence-electron chi connectivity index (χ0n) is 11.6. The summed E-state index contributed by atoms with van der Waals surface area (Å²) in [5, 5.41) is 3.61. The summed E-state index contributed by atoms with van der Waals surface area (Å²) in [5.74, 6) is 0.499. The number of carbonyl (C=O) groups excluding carboxylic acids is 1. The molecule has 3 heterocycles. The molecule has 0 aromatic heterocycles. The Morgan fingerprint density at radius 2 is 1.95 bits per heavy atom. The first kappa shape index (κ1) is 13.4. The van der Waals surface area contributed by atoms with Gasteiger partial charge in [-0.3, -0.25) is 4.79 Å². The number of rotatable bonds is 4. The third kappa shape index (κ3) is 3.69. The maximum absolute atomic E-state index is 11.9. The molecule has 3 saturated heterocycles. The lowest BCUT2D eigenvalue weighted by Crippen LogP contribution is -2.38. The predicted octanol–water partition coefficient (Wildman–Crippen LogP) is 2.02. The maximum atomic E-state index is 11.9. The van der Waals surface area contributed by atoms with Gasteiger partial charge in [0.15, 0.2) is 0 Å². The molecule has 3 atom stereocenters. The second-order valence-corrected chi connectivity index (χ2v) is 6.35. The molecule has 0 aromatic rings. The molecule has 0 aromatic carbocycles. The Bertz CT molecular complexity index is 303. The Morgan fingerprint density at radius 1 is 1.16 bits per heavy atom. The minimum atomic E-state index is -0.0273. The predicted molar refractivity (Wildman–Crippen MR) is 71.8 cm³/mol. The summed E-state index contributed by atoms with van der Waals surface area (Å²) in [4.78, 5) is 11.9. The SMILES string of the molecule is O=C(CC1CC2CCC(C1)N2)OCC1CCCCO1. The first-order chi connectivity index (χ1) is 9.29. The quantitative estimate of drug-likeness (QED) is 0.792. The number of fused-ring (bicyclic) bond motifs is 2. The summed E-state index contributed by atoms with van der Waals surface area (Å²) in [6, 6.07) is 1.30. The second-order valence-electron chi connectivity index (χ2n) is 6.35. The normalized spacial score (nSPS) is 38.1. The van der Waals surface area contributed by atoms with Gasteiger partial charge in [-0.1, -0.05) is 0 Å². The van der Waals surface area contributed by atoms with Crippen molar-refractivity contribution in [1.29, 1.82) is 0 Å². The van der Waals surface area contributed by atoms with E-state index in [1.54, 1.807) is 0 Å². The summed E-state index contributed by atoms with van der Waals surface area (Å²) in [6.45, 7) is 1.27. The number of ether oxygens (including phenoxy) is 2. The van der Waals surface area contributed by atoms with Crippen LogP contribution in [0.4, 0.5) is 0 Å². The van der Waals surface area contributed by atoms with Gasteiger partial charge < -0.3 is 14.8 Å². The number of hydrogen-bond donors (Lipinski definition) is 1. The molecule has 3 fully saturated rings. The van der Waals surface area contributed by atoms with E-state index in [-0.39, 0.29) is 12.1 Å². The van der Waals surface area contributed by atoms with Gasteiger partial charge in [0.2, 0.25) is 0 Å². The molecule has 0 aliphatic carbocycles. The van der Waals surface area contributed by atoms with Crippen molar-refractivity contribution in [3.63, 3.8) is 0 Å². The van der Waals surface area contributed by atoms with E-state index in [0.29, 0.717) is 31.0 Å². The van der Waals surface area contributed by atoms with E-state index in [2.05, 4.69) is 5.32 Å². The van der Waals surface area contributed by atoms with Crippen LogP contribution in [0.2, 0.25) is 0 Å². The Kier molecular flexibility index (Phi) is 4.38. The van der Waals surface area contributed by atoms with Crippen molar-refractivity contribution in [2.45, 2.75) is 69.6 Å². The van der Waals surface area contributed by atoms with E-state index in [0.717, 1.165) is 32.3 Å². The van der Waals surface area contributed by atoms with Crippen LogP contribution in [0, 0.1) is 5.92 Å². The van der Waals surface area contributed by atoms with Gasteiger partial charge in [0.05, 0.1) is 6.10 Å². The van der Waals surface area contributed by atoms with Crippen molar-refractivity contribution in [2.75, 3.05) is 13.2 Å². The summed E-state index contributed by atoms with van der Waals surface area (Å²) >= 11 is 0. The second kappa shape index (κ2) is 6.23. The van der Waals surface area contributed by atoms with Crippen LogP contribution in [-0.4, -0.2) is 37.4 Å². The van der Waals surface area contributed by atoms with Crippen molar-refractivity contribution in [1.82, 2.24) is 5.32 Å². The molecule has 3 rings (SSSR count). The van der Waals surface area contributed by atoms with E-state index in [1.807, 2.05) is 0 Å². The van der Waals surface area contributed by atoms with Gasteiger partial charge >= 0.3 is 5.97 Å². The average Bonchev–Trinajstić information content (AvgIpc) is 2.77. The standard InChI is InChI=1S/C15H25NO3/c17-15(19-10-14-3-1-2-6-18-14)9-11-7-12-4-5-13(8-11)16-12/h11-14,16H,1-10H2. The van der Waals surface area contributed by atoms with Gasteiger partial charge in [-0.2, -0.15) is 0 Å². The zero-order valence-corrected chi connectivity index (χ0v) is 11.6. The van der Waals surface area contributed by atoms with Crippen LogP contribution >= 0.6 is 0 Å². The molecule has 108 valence electrons. The summed E-state index contributed by atoms with van der Waals surface area (Å²) < 4.78 is 11.0. The fourth-order valence-corrected chi connectivity index (χ4v) is 3.76. The van der Waals surface area contributed by atoms with Crippen molar-refractivity contribution in [2.24, 2.45) is 5.92 Å². The Balaban J connectivity index is 1.36. The highest BCUT2D eigenvalue weighted by Crippen LogP contribution is 2.32. The van der Waals surface area contributed by atoms with Gasteiger partial charge in [-0.25, -0.2) is 0 Å². The van der Waals surface area contributed by atoms with Gasteiger partial charge in [0.1, 0.15) is 6.61 Å². The molecule has 4 nitrogen and oxygen atoms in total. The molecular weight excluding hydrogens is 242 g/mol. The van der Waals surface area contributed by atoms with Crippen LogP contribution in [0.15, 0.2) is 0 Å². The summed E-state index contributed by atoms with van der Waals surface area (Å²) in [5.41, 5.74) is 0. The van der Waals surface area contributed by atoms with E-state index in [1.165, 1.54) is 19.3 Å². The highest BCUT2D eigenvalue weighted by molar-refractivity contribution is 5.69. The average molecular weight is 267 g/mol. The van der Waals surface area contributed by atoms with Crippen molar-refractivity contribution in [3.05, 3.63) is 0 Å². The third-order valence-electron chi connectivity index (χ3n) is 4.73. The molecule has 0 radical (unpaired) electrons. The monoisotopic (exact) mass is 267 g/mol. The highest BCUT2D eigenvalue weighted by Gasteiger charge is 2.34. The minimum Gasteiger partial charge on any atom is -0.463 e. The number of piperidine rings is 1. The van der Waals surface area contributed by atoms with Crippen molar-refractivity contribution in [3.8, 4) is 0 Å². The van der Waals surface area contributed by atoms with Gasteiger partial charge in [-0.05, 0) is 50.9 Å². The smallest absolute Gasteiger partial charge is 0.306 e. The zero-order chi connectivity index (χ0) is 13.1. The Labute approximate surface area is 115 Å². The molecule has 0 spiro atoms. The van der Waals surface area contributed by atoms with E-state index in [9.17, 15) is 4.79 Å². The molecule has 2 bridgehead atoms. The van der Waals surface area contributed by atoms with E-state index >= 15 is 0 Å². The lowest BCUT2D eigenvalue weighted by atomic mass is 9.90. The summed E-state index contributed by atoms with van der Waals surface area (Å²) in [6.07, 6.45) is 8.96. The van der Waals surface area contributed by atoms with Crippen LogP contribution in [0.25, 0.3) is 0 Å². The first-order valence-corrected chi connectivity index (χ1v) is 7.83. The fourth-order valence-electron chi connectivity index (χ4n) is 3.76. The molecule has 1 N–H and O–H groups in total. The van der Waals surface area contributed by atoms with Gasteiger partial charge in [-0.15, -0.1) is 0 Å². The summed E-state index contributed by atoms with van der Waals surface area (Å²) in [7, 11) is 0. The van der Waals surface area contributed by atoms with Crippen LogP contribution < -0.4 is 5.32 Å². The van der Waals surface area contributed by atoms with Crippen molar-refractivity contribution >= 4 is 5.97 Å². The molecule has 3 aliphatic rings. The number of nitrogens with one attached hydrogen (secondary N) is 1. The molecule has 0 amide bonds. The maximum Gasteiger partial charge on any atom is 0.306 e. The highest BCUT2D eigenvalue weighted by atomic mass is 16.6. The van der Waals surface area contributed by atoms with E-state index in [4.69, 9.17) is 9.47 Å². The fraction of sp³-hybridized carbons (Fsp3) is 0.933. The third-order valence-corrected chi connectivity index (χ3v) is 4.73. The molecule has 19 heavy (non-hydrogen) atoms. The van der Waals surface area contributed by atoms with Crippen LogP contribution in [0.1, 0.15) is 51.4 Å². The topological polar surface area (TPSA) is 47.6 Å². The Morgan fingerprint density at radius 3 is 2.63 bits per heavy atom. The molecular formula is C15H25NO3. The minimum absolute atomic E-state index is 0.0273. The first-order valence-electron chi connectivity index (χ1n) is 7.83. The molecule has 3 unspecified atom stereocenters. The largest absolute Gasteiger partial charge is 0.463 e.